The molecule has 0 fully saturated rings. The van der Waals surface area contributed by atoms with Crippen LogP contribution in [0.25, 0.3) is 6.08 Å². The second-order valence-electron chi connectivity index (χ2n) is 5.06. The minimum absolute atomic E-state index is 0.410. The van der Waals surface area contributed by atoms with Gasteiger partial charge in [-0.05, 0) is 17.2 Å². The number of carboxylic acid groups (broad SMARTS) is 2. The van der Waals surface area contributed by atoms with Crippen molar-refractivity contribution in [1.29, 1.82) is 0 Å². The number of benzene rings is 1. The molecule has 0 heterocycles. The summed E-state index contributed by atoms with van der Waals surface area (Å²) in [7, 11) is 0. The van der Waals surface area contributed by atoms with Crippen LogP contribution < -0.4 is 11.5 Å². The van der Waals surface area contributed by atoms with Gasteiger partial charge in [0.1, 0.15) is 0 Å². The smallest absolute Gasteiger partial charge is 0.450 e. The van der Waals surface area contributed by atoms with E-state index in [0.29, 0.717) is 5.57 Å². The van der Waals surface area contributed by atoms with E-state index < -0.39 is 23.8 Å². The Morgan fingerprint density at radius 3 is 2.12 bits per heavy atom. The monoisotopic (exact) mass is 332 g/mol. The highest BCUT2D eigenvalue weighted by Gasteiger charge is 2.53. The van der Waals surface area contributed by atoms with Gasteiger partial charge in [-0.15, -0.1) is 0 Å². The third-order valence-electron chi connectivity index (χ3n) is 3.26. The summed E-state index contributed by atoms with van der Waals surface area (Å²) in [6, 6.07) is 9.27. The zero-order valence-electron chi connectivity index (χ0n) is 12.5. The van der Waals surface area contributed by atoms with Gasteiger partial charge in [-0.3, -0.25) is 0 Å². The second-order valence-corrected chi connectivity index (χ2v) is 5.06. The van der Waals surface area contributed by atoms with Gasteiger partial charge in [0.25, 0.3) is 0 Å². The minimum atomic E-state index is -2.41. The molecule has 0 bridgehead atoms. The van der Waals surface area contributed by atoms with Crippen LogP contribution in [0.15, 0.2) is 60.2 Å². The molecular formula is C16H16N2O6. The lowest BCUT2D eigenvalue weighted by molar-refractivity contribution is -0.179. The summed E-state index contributed by atoms with van der Waals surface area (Å²) in [6.07, 6.45) is 3.62. The first-order valence-corrected chi connectivity index (χ1v) is 6.81. The molecule has 1 aromatic rings. The molecule has 0 aliphatic heterocycles. The van der Waals surface area contributed by atoms with Crippen molar-refractivity contribution in [2.24, 2.45) is 11.5 Å². The molecule has 0 amide bonds. The lowest BCUT2D eigenvalue weighted by Crippen LogP contribution is -2.69. The van der Waals surface area contributed by atoms with Crippen LogP contribution in [0.2, 0.25) is 0 Å². The Morgan fingerprint density at radius 2 is 1.58 bits per heavy atom. The number of rotatable bonds is 4. The lowest BCUT2D eigenvalue weighted by Gasteiger charge is -2.40. The van der Waals surface area contributed by atoms with Crippen molar-refractivity contribution in [2.45, 2.75) is 11.4 Å². The Balaban J connectivity index is 2.40. The summed E-state index contributed by atoms with van der Waals surface area (Å²) >= 11 is 0. The Bertz CT molecular complexity index is 705. The van der Waals surface area contributed by atoms with Crippen LogP contribution in [0, 0.1) is 0 Å². The molecule has 1 aliphatic carbocycles. The zero-order valence-corrected chi connectivity index (χ0v) is 12.5. The molecule has 8 nitrogen and oxygen atoms in total. The van der Waals surface area contributed by atoms with Gasteiger partial charge in [-0.1, -0.05) is 48.6 Å². The van der Waals surface area contributed by atoms with Crippen molar-refractivity contribution >= 4 is 18.4 Å². The standard InChI is InChI=1S/C16H16N2O6/c17-15(18)9-8-12(7-6-11-4-2-1-3-5-11)10-16(15,23-13(19)20)24-14(21)22/h1-10H,17-18H2,(H,19,20)(H,21,22). The number of allylic oxidation sites excluding steroid dienone is 3. The predicted octanol–water partition coefficient (Wildman–Crippen LogP) is 1.90. The highest BCUT2D eigenvalue weighted by atomic mass is 16.8. The lowest BCUT2D eigenvalue weighted by atomic mass is 9.91. The van der Waals surface area contributed by atoms with Crippen LogP contribution in [0.4, 0.5) is 9.59 Å². The Kier molecular flexibility index (Phi) is 4.72. The van der Waals surface area contributed by atoms with Crippen molar-refractivity contribution in [2.75, 3.05) is 0 Å². The van der Waals surface area contributed by atoms with Crippen molar-refractivity contribution in [1.82, 2.24) is 0 Å². The molecule has 1 aliphatic rings. The van der Waals surface area contributed by atoms with Gasteiger partial charge < -0.3 is 31.2 Å². The van der Waals surface area contributed by atoms with Crippen molar-refractivity contribution in [3.63, 3.8) is 0 Å². The molecule has 0 spiro atoms. The SMILES string of the molecule is NC1(N)C=CC(C=Cc2ccccc2)=CC1(OC(=O)O)OC(=O)O. The predicted molar refractivity (Wildman–Crippen MR) is 84.8 cm³/mol. The van der Waals surface area contributed by atoms with Gasteiger partial charge in [0.15, 0.2) is 5.66 Å². The molecule has 0 aromatic heterocycles. The first-order valence-electron chi connectivity index (χ1n) is 6.81. The number of hydrogen-bond acceptors (Lipinski definition) is 6. The third kappa shape index (κ3) is 3.80. The summed E-state index contributed by atoms with van der Waals surface area (Å²) in [6.45, 7) is 0. The highest BCUT2D eigenvalue weighted by molar-refractivity contribution is 5.63. The largest absolute Gasteiger partial charge is 0.509 e. The summed E-state index contributed by atoms with van der Waals surface area (Å²) in [5.74, 6) is -2.41. The van der Waals surface area contributed by atoms with Crippen molar-refractivity contribution < 1.29 is 29.3 Å². The molecule has 8 heteroatoms. The summed E-state index contributed by atoms with van der Waals surface area (Å²) < 4.78 is 9.18. The zero-order chi connectivity index (χ0) is 17.8. The molecule has 0 saturated carbocycles. The summed E-state index contributed by atoms with van der Waals surface area (Å²) in [4.78, 5) is 21.9. The Labute approximate surface area is 137 Å². The third-order valence-corrected chi connectivity index (χ3v) is 3.26. The molecule has 0 radical (unpaired) electrons. The van der Waals surface area contributed by atoms with Gasteiger partial charge in [-0.25, -0.2) is 9.59 Å². The van der Waals surface area contributed by atoms with Gasteiger partial charge in [0.05, 0.1) is 0 Å². The quantitative estimate of drug-likeness (QED) is 0.483. The van der Waals surface area contributed by atoms with E-state index in [2.05, 4.69) is 9.47 Å². The molecule has 1 aromatic carbocycles. The van der Waals surface area contributed by atoms with Crippen molar-refractivity contribution in [3.05, 3.63) is 65.8 Å². The fourth-order valence-electron chi connectivity index (χ4n) is 2.12. The Morgan fingerprint density at radius 1 is 1.00 bits per heavy atom. The topological polar surface area (TPSA) is 145 Å². The van der Waals surface area contributed by atoms with E-state index in [-0.39, 0.29) is 0 Å². The second kappa shape index (κ2) is 6.57. The molecule has 0 unspecified atom stereocenters. The van der Waals surface area contributed by atoms with E-state index >= 15 is 0 Å². The maximum Gasteiger partial charge on any atom is 0.509 e. The Hall–Kier alpha value is -3.10. The van der Waals surface area contributed by atoms with Crippen LogP contribution in [0.1, 0.15) is 5.56 Å². The fourth-order valence-corrected chi connectivity index (χ4v) is 2.12. The highest BCUT2D eigenvalue weighted by Crippen LogP contribution is 2.32. The maximum absolute atomic E-state index is 11.0. The van der Waals surface area contributed by atoms with E-state index in [4.69, 9.17) is 21.7 Å². The van der Waals surface area contributed by atoms with Crippen molar-refractivity contribution in [3.8, 4) is 0 Å². The minimum Gasteiger partial charge on any atom is -0.450 e. The first-order chi connectivity index (χ1) is 11.2. The van der Waals surface area contributed by atoms with Crippen LogP contribution >= 0.6 is 0 Å². The maximum atomic E-state index is 11.0. The number of carbonyl (C=O) groups is 2. The van der Waals surface area contributed by atoms with Crippen LogP contribution in [-0.2, 0) is 9.47 Å². The van der Waals surface area contributed by atoms with E-state index in [1.165, 1.54) is 12.2 Å². The average molecular weight is 332 g/mol. The summed E-state index contributed by atoms with van der Waals surface area (Å²) in [5.41, 5.74) is 10.8. The van der Waals surface area contributed by atoms with Crippen LogP contribution in [0.3, 0.4) is 0 Å². The molecule has 0 atom stereocenters. The number of hydrogen-bond donors (Lipinski definition) is 4. The van der Waals surface area contributed by atoms with Gasteiger partial charge >= 0.3 is 18.1 Å². The molecule has 6 N–H and O–H groups in total. The molecule has 0 saturated heterocycles. The molecule has 2 rings (SSSR count). The molecular weight excluding hydrogens is 316 g/mol. The fraction of sp³-hybridized carbons (Fsp3) is 0.125. The normalized spacial score (nSPS) is 18.0. The number of ether oxygens (including phenoxy) is 2. The number of nitrogens with two attached hydrogens (primary N) is 2. The average Bonchev–Trinajstić information content (AvgIpc) is 2.48. The van der Waals surface area contributed by atoms with Gasteiger partial charge in [0.2, 0.25) is 0 Å². The molecule has 24 heavy (non-hydrogen) atoms. The van der Waals surface area contributed by atoms with Crippen LogP contribution in [0.5, 0.6) is 0 Å². The first kappa shape index (κ1) is 17.3. The van der Waals surface area contributed by atoms with E-state index in [9.17, 15) is 9.59 Å². The van der Waals surface area contributed by atoms with Gasteiger partial charge in [-0.2, -0.15) is 0 Å². The van der Waals surface area contributed by atoms with Crippen LogP contribution in [-0.4, -0.2) is 34.0 Å². The van der Waals surface area contributed by atoms with E-state index in [1.807, 2.05) is 30.3 Å². The van der Waals surface area contributed by atoms with E-state index in [0.717, 1.165) is 11.6 Å². The molecule has 126 valence electrons. The van der Waals surface area contributed by atoms with E-state index in [1.54, 1.807) is 12.2 Å². The summed E-state index contributed by atoms with van der Waals surface area (Å²) in [5, 5.41) is 17.8. The van der Waals surface area contributed by atoms with Gasteiger partial charge in [0, 0.05) is 6.08 Å².